The van der Waals surface area contributed by atoms with Gasteiger partial charge in [-0.15, -0.1) is 0 Å². The Morgan fingerprint density at radius 3 is 2.60 bits per heavy atom. The Kier molecular flexibility index (Phi) is 6.31. The standard InChI is InChI=1S/C16H32N2O2/c1-7-12(2)13(3)17-11-14-9-8-10-18(14)15(19)20-16(4,5)6/h12-14,17H,7-11H2,1-6H3. The second kappa shape index (κ2) is 7.30. The first-order chi connectivity index (χ1) is 9.24. The summed E-state index contributed by atoms with van der Waals surface area (Å²) in [6, 6.07) is 0.762. The lowest BCUT2D eigenvalue weighted by molar-refractivity contribution is 0.0224. The normalized spacial score (nSPS) is 22.7. The van der Waals surface area contributed by atoms with Gasteiger partial charge in [0.05, 0.1) is 0 Å². The fourth-order valence-electron chi connectivity index (χ4n) is 2.49. The average molecular weight is 284 g/mol. The molecule has 0 aliphatic carbocycles. The molecule has 1 heterocycles. The number of hydrogen-bond acceptors (Lipinski definition) is 3. The van der Waals surface area contributed by atoms with Crippen LogP contribution in [0.1, 0.15) is 60.8 Å². The van der Waals surface area contributed by atoms with Crippen molar-refractivity contribution >= 4 is 6.09 Å². The monoisotopic (exact) mass is 284 g/mol. The van der Waals surface area contributed by atoms with E-state index >= 15 is 0 Å². The number of ether oxygens (including phenoxy) is 1. The lowest BCUT2D eigenvalue weighted by Gasteiger charge is -2.30. The van der Waals surface area contributed by atoms with Crippen LogP contribution in [0.15, 0.2) is 0 Å². The van der Waals surface area contributed by atoms with Crippen LogP contribution in [0, 0.1) is 5.92 Å². The van der Waals surface area contributed by atoms with E-state index in [2.05, 4.69) is 26.1 Å². The van der Waals surface area contributed by atoms with E-state index in [4.69, 9.17) is 4.74 Å². The van der Waals surface area contributed by atoms with Gasteiger partial charge in [-0.2, -0.15) is 0 Å². The molecule has 1 aliphatic heterocycles. The molecule has 1 N–H and O–H groups in total. The third-order valence-electron chi connectivity index (χ3n) is 4.18. The highest BCUT2D eigenvalue weighted by atomic mass is 16.6. The van der Waals surface area contributed by atoms with Gasteiger partial charge >= 0.3 is 6.09 Å². The minimum Gasteiger partial charge on any atom is -0.444 e. The zero-order valence-corrected chi connectivity index (χ0v) is 14.0. The Hall–Kier alpha value is -0.770. The van der Waals surface area contributed by atoms with Gasteiger partial charge in [0.15, 0.2) is 0 Å². The molecule has 0 radical (unpaired) electrons. The van der Waals surface area contributed by atoms with Crippen molar-refractivity contribution in [2.75, 3.05) is 13.1 Å². The Morgan fingerprint density at radius 2 is 2.05 bits per heavy atom. The van der Waals surface area contributed by atoms with E-state index in [9.17, 15) is 4.79 Å². The van der Waals surface area contributed by atoms with Crippen molar-refractivity contribution in [2.24, 2.45) is 5.92 Å². The largest absolute Gasteiger partial charge is 0.444 e. The van der Waals surface area contributed by atoms with E-state index in [1.807, 2.05) is 25.7 Å². The smallest absolute Gasteiger partial charge is 0.410 e. The molecule has 0 aromatic rings. The van der Waals surface area contributed by atoms with Crippen LogP contribution in [0.25, 0.3) is 0 Å². The van der Waals surface area contributed by atoms with Gasteiger partial charge in [-0.05, 0) is 46.5 Å². The summed E-state index contributed by atoms with van der Waals surface area (Å²) in [5.74, 6) is 0.659. The lowest BCUT2D eigenvalue weighted by Crippen LogP contribution is -2.46. The molecule has 1 amide bonds. The van der Waals surface area contributed by atoms with E-state index in [0.717, 1.165) is 25.9 Å². The second-order valence-corrected chi connectivity index (χ2v) is 7.05. The van der Waals surface area contributed by atoms with E-state index < -0.39 is 5.60 Å². The maximum absolute atomic E-state index is 12.2. The van der Waals surface area contributed by atoms with Gasteiger partial charge in [0, 0.05) is 25.2 Å². The number of nitrogens with zero attached hydrogens (tertiary/aromatic N) is 1. The molecule has 118 valence electrons. The predicted molar refractivity (Wildman–Crippen MR) is 82.9 cm³/mol. The molecule has 3 atom stereocenters. The summed E-state index contributed by atoms with van der Waals surface area (Å²) in [5, 5.41) is 3.57. The topological polar surface area (TPSA) is 41.6 Å². The van der Waals surface area contributed by atoms with Crippen LogP contribution in [0.3, 0.4) is 0 Å². The summed E-state index contributed by atoms with van der Waals surface area (Å²) in [6.45, 7) is 14.1. The molecule has 1 fully saturated rings. The van der Waals surface area contributed by atoms with Gasteiger partial charge in [0.2, 0.25) is 0 Å². The first-order valence-corrected chi connectivity index (χ1v) is 7.97. The zero-order valence-electron chi connectivity index (χ0n) is 14.0. The molecule has 4 nitrogen and oxygen atoms in total. The van der Waals surface area contributed by atoms with Crippen LogP contribution >= 0.6 is 0 Å². The molecule has 0 aromatic carbocycles. The highest BCUT2D eigenvalue weighted by Crippen LogP contribution is 2.20. The molecule has 20 heavy (non-hydrogen) atoms. The first-order valence-electron chi connectivity index (χ1n) is 7.97. The fourth-order valence-corrected chi connectivity index (χ4v) is 2.49. The fraction of sp³-hybridized carbons (Fsp3) is 0.938. The lowest BCUT2D eigenvalue weighted by atomic mass is 10.0. The molecular weight excluding hydrogens is 252 g/mol. The Balaban J connectivity index is 2.47. The van der Waals surface area contributed by atoms with E-state index in [-0.39, 0.29) is 12.1 Å². The summed E-state index contributed by atoms with van der Waals surface area (Å²) in [6.07, 6.45) is 3.15. The summed E-state index contributed by atoms with van der Waals surface area (Å²) < 4.78 is 5.49. The van der Waals surface area contributed by atoms with Crippen molar-refractivity contribution in [3.63, 3.8) is 0 Å². The summed E-state index contributed by atoms with van der Waals surface area (Å²) >= 11 is 0. The van der Waals surface area contributed by atoms with Crippen LogP contribution in [0.5, 0.6) is 0 Å². The molecule has 0 bridgehead atoms. The van der Waals surface area contributed by atoms with Crippen LogP contribution in [-0.2, 0) is 4.74 Å². The van der Waals surface area contributed by atoms with Crippen LogP contribution in [0.4, 0.5) is 4.79 Å². The Bertz CT molecular complexity index is 312. The van der Waals surface area contributed by atoms with Crippen LogP contribution in [0.2, 0.25) is 0 Å². The van der Waals surface area contributed by atoms with Crippen molar-refractivity contribution in [1.29, 1.82) is 0 Å². The molecule has 1 saturated heterocycles. The highest BCUT2D eigenvalue weighted by molar-refractivity contribution is 5.69. The molecule has 0 saturated carbocycles. The Labute approximate surface area is 124 Å². The van der Waals surface area contributed by atoms with Crippen molar-refractivity contribution in [3.05, 3.63) is 0 Å². The first kappa shape index (κ1) is 17.3. The number of carbonyl (C=O) groups is 1. The third-order valence-corrected chi connectivity index (χ3v) is 4.18. The van der Waals surface area contributed by atoms with Gasteiger partial charge < -0.3 is 15.0 Å². The molecule has 1 rings (SSSR count). The number of rotatable bonds is 5. The molecule has 0 spiro atoms. The third kappa shape index (κ3) is 5.31. The maximum atomic E-state index is 12.2. The Morgan fingerprint density at radius 1 is 1.40 bits per heavy atom. The molecule has 0 aromatic heterocycles. The van der Waals surface area contributed by atoms with E-state index in [0.29, 0.717) is 12.0 Å². The summed E-state index contributed by atoms with van der Waals surface area (Å²) in [4.78, 5) is 14.1. The maximum Gasteiger partial charge on any atom is 0.410 e. The van der Waals surface area contributed by atoms with E-state index in [1.54, 1.807) is 0 Å². The zero-order chi connectivity index (χ0) is 15.3. The molecule has 3 unspecified atom stereocenters. The van der Waals surface area contributed by atoms with Crippen molar-refractivity contribution < 1.29 is 9.53 Å². The SMILES string of the molecule is CCC(C)C(C)NCC1CCCN1C(=O)OC(C)(C)C. The van der Waals surface area contributed by atoms with Gasteiger partial charge in [0.1, 0.15) is 5.60 Å². The minimum absolute atomic E-state index is 0.169. The summed E-state index contributed by atoms with van der Waals surface area (Å²) in [5.41, 5.74) is -0.415. The number of carbonyl (C=O) groups excluding carboxylic acids is 1. The number of likely N-dealkylation sites (tertiary alicyclic amines) is 1. The molecule has 4 heteroatoms. The average Bonchev–Trinajstić information content (AvgIpc) is 2.81. The highest BCUT2D eigenvalue weighted by Gasteiger charge is 2.32. The second-order valence-electron chi connectivity index (χ2n) is 7.05. The van der Waals surface area contributed by atoms with Crippen molar-refractivity contribution in [2.45, 2.75) is 78.5 Å². The molecule has 1 aliphatic rings. The predicted octanol–water partition coefficient (Wildman–Crippen LogP) is 3.41. The summed E-state index contributed by atoms with van der Waals surface area (Å²) in [7, 11) is 0. The van der Waals surface area contributed by atoms with Gasteiger partial charge in [-0.1, -0.05) is 20.3 Å². The number of hydrogen-bond donors (Lipinski definition) is 1. The van der Waals surface area contributed by atoms with Gasteiger partial charge in [-0.25, -0.2) is 4.79 Å². The van der Waals surface area contributed by atoms with Crippen molar-refractivity contribution in [3.8, 4) is 0 Å². The van der Waals surface area contributed by atoms with Crippen LogP contribution in [-0.4, -0.2) is 41.8 Å². The minimum atomic E-state index is -0.415. The van der Waals surface area contributed by atoms with Gasteiger partial charge in [0.25, 0.3) is 0 Å². The van der Waals surface area contributed by atoms with Crippen molar-refractivity contribution in [1.82, 2.24) is 10.2 Å². The molecular formula is C16H32N2O2. The quantitative estimate of drug-likeness (QED) is 0.841. The number of amides is 1. The number of nitrogens with one attached hydrogen (secondary N) is 1. The van der Waals surface area contributed by atoms with Crippen LogP contribution < -0.4 is 5.32 Å². The van der Waals surface area contributed by atoms with Gasteiger partial charge in [-0.3, -0.25) is 0 Å². The van der Waals surface area contributed by atoms with E-state index in [1.165, 1.54) is 6.42 Å².